The number of hydrogen-bond acceptors (Lipinski definition) is 4. The van der Waals surface area contributed by atoms with Crippen LogP contribution in [0.3, 0.4) is 0 Å². The molecule has 1 aliphatic rings. The summed E-state index contributed by atoms with van der Waals surface area (Å²) < 4.78 is 17.1. The van der Waals surface area contributed by atoms with Crippen LogP contribution in [0.2, 0.25) is 0 Å². The van der Waals surface area contributed by atoms with Gasteiger partial charge in [-0.25, -0.2) is 0 Å². The lowest BCUT2D eigenvalue weighted by Crippen LogP contribution is -2.35. The smallest absolute Gasteiger partial charge is 0.231 e. The van der Waals surface area contributed by atoms with Gasteiger partial charge >= 0.3 is 0 Å². The van der Waals surface area contributed by atoms with Crippen LogP contribution < -0.4 is 19.5 Å². The van der Waals surface area contributed by atoms with Crippen LogP contribution in [0.25, 0.3) is 0 Å². The summed E-state index contributed by atoms with van der Waals surface area (Å²) >= 11 is 0. The third-order valence-corrected chi connectivity index (χ3v) is 3.57. The van der Waals surface area contributed by atoms with Crippen LogP contribution in [0.4, 0.5) is 0 Å². The molecule has 0 bridgehead atoms. The molecule has 1 aromatic carbocycles. The van der Waals surface area contributed by atoms with E-state index in [0.717, 1.165) is 42.2 Å². The second kappa shape index (κ2) is 6.56. The lowest BCUT2D eigenvalue weighted by atomic mass is 10.1. The van der Waals surface area contributed by atoms with Gasteiger partial charge in [-0.05, 0) is 39.7 Å². The largest absolute Gasteiger partial charge is 0.490 e. The molecule has 4 nitrogen and oxygen atoms in total. The van der Waals surface area contributed by atoms with E-state index in [9.17, 15) is 0 Å². The highest BCUT2D eigenvalue weighted by molar-refractivity contribution is 5.52. The maximum Gasteiger partial charge on any atom is 0.231 e. The van der Waals surface area contributed by atoms with Crippen molar-refractivity contribution in [1.29, 1.82) is 0 Å². The Hall–Kier alpha value is -1.42. The second-order valence-corrected chi connectivity index (χ2v) is 6.47. The molecular formula is C17H27NO3. The van der Waals surface area contributed by atoms with Crippen molar-refractivity contribution >= 4 is 0 Å². The molecule has 0 aliphatic carbocycles. The van der Waals surface area contributed by atoms with Crippen LogP contribution in [0.5, 0.6) is 17.2 Å². The maximum atomic E-state index is 6.16. The fourth-order valence-corrected chi connectivity index (χ4v) is 2.21. The Morgan fingerprint density at radius 2 is 1.76 bits per heavy atom. The van der Waals surface area contributed by atoms with Crippen molar-refractivity contribution in [2.24, 2.45) is 0 Å². The van der Waals surface area contributed by atoms with E-state index in [2.05, 4.69) is 39.9 Å². The Bertz CT molecular complexity index is 476. The minimum atomic E-state index is 0.0581. The Labute approximate surface area is 127 Å². The second-order valence-electron chi connectivity index (χ2n) is 6.47. The molecule has 21 heavy (non-hydrogen) atoms. The first kappa shape index (κ1) is 16.0. The molecule has 2 rings (SSSR count). The molecule has 0 amide bonds. The third-order valence-electron chi connectivity index (χ3n) is 3.57. The van der Waals surface area contributed by atoms with E-state index in [0.29, 0.717) is 0 Å². The maximum absolute atomic E-state index is 6.16. The van der Waals surface area contributed by atoms with Crippen LogP contribution in [0, 0.1) is 0 Å². The number of ether oxygens (including phenoxy) is 3. The molecule has 0 unspecified atom stereocenters. The Balaban J connectivity index is 2.23. The van der Waals surface area contributed by atoms with Crippen molar-refractivity contribution in [2.45, 2.75) is 65.6 Å². The molecule has 1 aromatic rings. The van der Waals surface area contributed by atoms with Gasteiger partial charge in [0.2, 0.25) is 6.79 Å². The van der Waals surface area contributed by atoms with Gasteiger partial charge in [0.05, 0.1) is 6.10 Å². The zero-order valence-corrected chi connectivity index (χ0v) is 13.8. The van der Waals surface area contributed by atoms with Gasteiger partial charge in [0.1, 0.15) is 5.75 Å². The van der Waals surface area contributed by atoms with E-state index in [4.69, 9.17) is 14.2 Å². The van der Waals surface area contributed by atoms with Crippen LogP contribution in [0.15, 0.2) is 12.1 Å². The van der Waals surface area contributed by atoms with Gasteiger partial charge in [0.25, 0.3) is 0 Å². The lowest BCUT2D eigenvalue weighted by molar-refractivity contribution is 0.173. The number of nitrogens with one attached hydrogen (secondary N) is 1. The molecule has 118 valence electrons. The quantitative estimate of drug-likeness (QED) is 0.864. The van der Waals surface area contributed by atoms with Gasteiger partial charge in [0, 0.05) is 23.7 Å². The molecule has 0 spiro atoms. The molecule has 0 atom stereocenters. The summed E-state index contributed by atoms with van der Waals surface area (Å²) in [7, 11) is 0. The molecule has 0 radical (unpaired) electrons. The summed E-state index contributed by atoms with van der Waals surface area (Å²) in [6.45, 7) is 11.8. The number of fused-ring (bicyclic) bond motifs is 1. The van der Waals surface area contributed by atoms with E-state index in [-0.39, 0.29) is 18.4 Å². The summed E-state index contributed by atoms with van der Waals surface area (Å²) in [5, 5.41) is 3.50. The standard InChI is InChI=1S/C17H27NO3/c1-6-13(7-2)21-14-9-16-15(19-11-20-16)8-12(14)10-18-17(3,4)5/h8-9,13,18H,6-7,10-11H2,1-5H3. The zero-order chi connectivity index (χ0) is 15.5. The van der Waals surface area contributed by atoms with Crippen molar-refractivity contribution in [3.63, 3.8) is 0 Å². The van der Waals surface area contributed by atoms with Crippen LogP contribution in [-0.4, -0.2) is 18.4 Å². The summed E-state index contributed by atoms with van der Waals surface area (Å²) in [4.78, 5) is 0. The Morgan fingerprint density at radius 1 is 1.14 bits per heavy atom. The Morgan fingerprint density at radius 3 is 2.33 bits per heavy atom. The summed E-state index contributed by atoms with van der Waals surface area (Å²) in [5.41, 5.74) is 1.17. The summed E-state index contributed by atoms with van der Waals surface area (Å²) in [6.07, 6.45) is 2.23. The normalized spacial score (nSPS) is 13.8. The van der Waals surface area contributed by atoms with Crippen molar-refractivity contribution in [2.75, 3.05) is 6.79 Å². The number of rotatable bonds is 6. The number of hydrogen-bond donors (Lipinski definition) is 1. The van der Waals surface area contributed by atoms with Crippen molar-refractivity contribution < 1.29 is 14.2 Å². The molecule has 0 fully saturated rings. The molecule has 0 aromatic heterocycles. The van der Waals surface area contributed by atoms with Gasteiger partial charge in [-0.15, -0.1) is 0 Å². The predicted molar refractivity (Wildman–Crippen MR) is 84.2 cm³/mol. The van der Waals surface area contributed by atoms with Crippen LogP contribution in [0.1, 0.15) is 53.0 Å². The van der Waals surface area contributed by atoms with E-state index in [1.165, 1.54) is 0 Å². The fraction of sp³-hybridized carbons (Fsp3) is 0.647. The average Bonchev–Trinajstić information content (AvgIpc) is 2.88. The van der Waals surface area contributed by atoms with E-state index in [1.807, 2.05) is 12.1 Å². The van der Waals surface area contributed by atoms with Crippen LogP contribution >= 0.6 is 0 Å². The first-order valence-electron chi connectivity index (χ1n) is 7.77. The average molecular weight is 293 g/mol. The number of benzene rings is 1. The zero-order valence-electron chi connectivity index (χ0n) is 13.8. The van der Waals surface area contributed by atoms with Gasteiger partial charge < -0.3 is 19.5 Å². The lowest BCUT2D eigenvalue weighted by Gasteiger charge is -2.23. The topological polar surface area (TPSA) is 39.7 Å². The van der Waals surface area contributed by atoms with Crippen molar-refractivity contribution in [3.05, 3.63) is 17.7 Å². The molecule has 0 saturated heterocycles. The molecular weight excluding hydrogens is 266 g/mol. The van der Waals surface area contributed by atoms with Gasteiger partial charge in [-0.1, -0.05) is 13.8 Å². The van der Waals surface area contributed by atoms with Crippen molar-refractivity contribution in [1.82, 2.24) is 5.32 Å². The molecule has 1 heterocycles. The van der Waals surface area contributed by atoms with E-state index >= 15 is 0 Å². The van der Waals surface area contributed by atoms with Crippen molar-refractivity contribution in [3.8, 4) is 17.2 Å². The molecule has 0 saturated carbocycles. The summed E-state index contributed by atoms with van der Waals surface area (Å²) in [5.74, 6) is 2.47. The van der Waals surface area contributed by atoms with Gasteiger partial charge in [0.15, 0.2) is 11.5 Å². The highest BCUT2D eigenvalue weighted by Crippen LogP contribution is 2.38. The minimum absolute atomic E-state index is 0.0581. The Kier molecular flexibility index (Phi) is 4.99. The van der Waals surface area contributed by atoms with E-state index in [1.54, 1.807) is 0 Å². The van der Waals surface area contributed by atoms with Crippen LogP contribution in [-0.2, 0) is 6.54 Å². The predicted octanol–water partition coefficient (Wildman–Crippen LogP) is 3.87. The summed E-state index contributed by atoms with van der Waals surface area (Å²) in [6, 6.07) is 3.99. The molecule has 1 aliphatic heterocycles. The third kappa shape index (κ3) is 4.27. The first-order chi connectivity index (χ1) is 9.93. The fourth-order valence-electron chi connectivity index (χ4n) is 2.21. The van der Waals surface area contributed by atoms with E-state index < -0.39 is 0 Å². The SMILES string of the molecule is CCC(CC)Oc1cc2c(cc1CNC(C)(C)C)OCO2. The van der Waals surface area contributed by atoms with Gasteiger partial charge in [-0.3, -0.25) is 0 Å². The van der Waals surface area contributed by atoms with Gasteiger partial charge in [-0.2, -0.15) is 0 Å². The first-order valence-corrected chi connectivity index (χ1v) is 7.77. The molecule has 4 heteroatoms. The highest BCUT2D eigenvalue weighted by Gasteiger charge is 2.20. The highest BCUT2D eigenvalue weighted by atomic mass is 16.7. The molecule has 1 N–H and O–H groups in total. The minimum Gasteiger partial charge on any atom is -0.490 e. The monoisotopic (exact) mass is 293 g/mol.